The van der Waals surface area contributed by atoms with Crippen molar-refractivity contribution < 1.29 is 9.13 Å². The van der Waals surface area contributed by atoms with Crippen LogP contribution >= 0.6 is 0 Å². The third-order valence-electron chi connectivity index (χ3n) is 2.96. The van der Waals surface area contributed by atoms with Crippen LogP contribution in [0.15, 0.2) is 64.8 Å². The van der Waals surface area contributed by atoms with Crippen molar-refractivity contribution >= 4 is 17.7 Å². The molecular weight excluding hydrogens is 295 g/mol. The van der Waals surface area contributed by atoms with E-state index in [0.717, 1.165) is 16.9 Å². The Labute approximate surface area is 133 Å². The number of rotatable bonds is 5. The number of allylic oxidation sites excluding steroid dienone is 1. The third kappa shape index (κ3) is 4.96. The van der Waals surface area contributed by atoms with Crippen molar-refractivity contribution in [2.24, 2.45) is 21.7 Å². The largest absolute Gasteiger partial charge is 0.497 e. The zero-order valence-electron chi connectivity index (χ0n) is 12.6. The normalized spacial score (nSPS) is 11.5. The summed E-state index contributed by atoms with van der Waals surface area (Å²) in [5.41, 5.74) is 12.9. The zero-order chi connectivity index (χ0) is 16.7. The Morgan fingerprint density at radius 1 is 1.00 bits per heavy atom. The van der Waals surface area contributed by atoms with Crippen LogP contribution in [0, 0.1) is 5.82 Å². The lowest BCUT2D eigenvalue weighted by Crippen LogP contribution is -2.22. The van der Waals surface area contributed by atoms with Gasteiger partial charge in [0.05, 0.1) is 12.8 Å². The van der Waals surface area contributed by atoms with Crippen molar-refractivity contribution in [1.82, 2.24) is 0 Å². The summed E-state index contributed by atoms with van der Waals surface area (Å²) in [6.45, 7) is 0. The fraction of sp³-hybridized carbons (Fsp3) is 0.0588. The van der Waals surface area contributed by atoms with Crippen molar-refractivity contribution in [3.8, 4) is 5.75 Å². The van der Waals surface area contributed by atoms with Crippen LogP contribution in [0.3, 0.4) is 0 Å². The minimum Gasteiger partial charge on any atom is -0.497 e. The first-order chi connectivity index (χ1) is 11.1. The molecule has 0 aliphatic carbocycles. The van der Waals surface area contributed by atoms with E-state index in [4.69, 9.17) is 16.2 Å². The highest BCUT2D eigenvalue weighted by atomic mass is 19.1. The number of nitrogens with two attached hydrogens (primary N) is 2. The topological polar surface area (TPSA) is 86.0 Å². The van der Waals surface area contributed by atoms with Gasteiger partial charge >= 0.3 is 0 Å². The molecule has 0 radical (unpaired) electrons. The maximum absolute atomic E-state index is 12.9. The molecule has 118 valence electrons. The number of hydrogen-bond donors (Lipinski definition) is 2. The summed E-state index contributed by atoms with van der Waals surface area (Å²) >= 11 is 0. The van der Waals surface area contributed by atoms with Gasteiger partial charge in [0, 0.05) is 5.56 Å². The van der Waals surface area contributed by atoms with Crippen LogP contribution in [0.5, 0.6) is 5.75 Å². The summed E-state index contributed by atoms with van der Waals surface area (Å²) in [7, 11) is 1.60. The van der Waals surface area contributed by atoms with Crippen LogP contribution < -0.4 is 16.2 Å². The molecule has 23 heavy (non-hydrogen) atoms. The van der Waals surface area contributed by atoms with Crippen molar-refractivity contribution in [3.63, 3.8) is 0 Å². The van der Waals surface area contributed by atoms with Gasteiger partial charge in [-0.25, -0.2) is 4.39 Å². The maximum Gasteiger partial charge on any atom is 0.211 e. The Kier molecular flexibility index (Phi) is 5.46. The van der Waals surface area contributed by atoms with E-state index in [1.165, 1.54) is 12.1 Å². The molecule has 0 aromatic heterocycles. The molecule has 2 rings (SSSR count). The number of ether oxygens (including phenoxy) is 1. The Bertz CT molecular complexity index is 730. The molecule has 2 aromatic carbocycles. The first-order valence-corrected chi connectivity index (χ1v) is 6.83. The molecule has 0 spiro atoms. The second kappa shape index (κ2) is 7.74. The van der Waals surface area contributed by atoms with E-state index in [0.29, 0.717) is 5.71 Å². The lowest BCUT2D eigenvalue weighted by molar-refractivity contribution is 0.415. The summed E-state index contributed by atoms with van der Waals surface area (Å²) in [5.74, 6) is 0.315. The highest BCUT2D eigenvalue weighted by molar-refractivity contribution is 6.10. The monoisotopic (exact) mass is 312 g/mol. The summed E-state index contributed by atoms with van der Waals surface area (Å²) in [5, 5.41) is 7.72. The molecule has 0 saturated heterocycles. The van der Waals surface area contributed by atoms with E-state index in [1.54, 1.807) is 31.4 Å². The fourth-order valence-electron chi connectivity index (χ4n) is 1.81. The standard InChI is InChI=1S/C17H17FN4O/c1-23-15-9-5-13(6-10-15)16(21-22-17(19)20)11-4-12-2-7-14(18)8-3-12/h2-11H,1H3,(H4,19,20,22)/b11-4+,21-16-. The van der Waals surface area contributed by atoms with Crippen LogP contribution in [-0.4, -0.2) is 18.8 Å². The summed E-state index contributed by atoms with van der Waals surface area (Å²) in [4.78, 5) is 0. The highest BCUT2D eigenvalue weighted by Crippen LogP contribution is 2.14. The van der Waals surface area contributed by atoms with Crippen LogP contribution in [0.1, 0.15) is 11.1 Å². The number of benzene rings is 2. The number of hydrogen-bond acceptors (Lipinski definition) is 3. The molecule has 0 bridgehead atoms. The summed E-state index contributed by atoms with van der Waals surface area (Å²) in [6, 6.07) is 13.4. The van der Waals surface area contributed by atoms with Gasteiger partial charge in [0.1, 0.15) is 11.6 Å². The average molecular weight is 312 g/mol. The van der Waals surface area contributed by atoms with E-state index in [-0.39, 0.29) is 11.8 Å². The molecule has 0 heterocycles. The van der Waals surface area contributed by atoms with Crippen LogP contribution in [0.25, 0.3) is 6.08 Å². The Morgan fingerprint density at radius 2 is 1.65 bits per heavy atom. The van der Waals surface area contributed by atoms with Gasteiger partial charge < -0.3 is 16.2 Å². The van der Waals surface area contributed by atoms with Gasteiger partial charge in [-0.05, 0) is 48.0 Å². The van der Waals surface area contributed by atoms with Crippen LogP contribution in [-0.2, 0) is 0 Å². The first-order valence-electron chi connectivity index (χ1n) is 6.83. The van der Waals surface area contributed by atoms with Crippen LogP contribution in [0.2, 0.25) is 0 Å². The number of halogens is 1. The number of methoxy groups -OCH3 is 1. The maximum atomic E-state index is 12.9. The molecule has 0 saturated carbocycles. The van der Waals surface area contributed by atoms with Gasteiger partial charge in [0.25, 0.3) is 0 Å². The van der Waals surface area contributed by atoms with Crippen molar-refractivity contribution in [2.45, 2.75) is 0 Å². The predicted octanol–water partition coefficient (Wildman–Crippen LogP) is 2.53. The van der Waals surface area contributed by atoms with Gasteiger partial charge in [-0.2, -0.15) is 0 Å². The lowest BCUT2D eigenvalue weighted by Gasteiger charge is -2.03. The molecule has 0 amide bonds. The molecule has 0 unspecified atom stereocenters. The highest BCUT2D eigenvalue weighted by Gasteiger charge is 2.01. The lowest BCUT2D eigenvalue weighted by atomic mass is 10.1. The first kappa shape index (κ1) is 16.2. The quantitative estimate of drug-likeness (QED) is 0.505. The second-order valence-corrected chi connectivity index (χ2v) is 4.62. The number of nitrogens with zero attached hydrogens (tertiary/aromatic N) is 2. The van der Waals surface area contributed by atoms with E-state index in [9.17, 15) is 4.39 Å². The van der Waals surface area contributed by atoms with Crippen molar-refractivity contribution in [3.05, 3.63) is 71.6 Å². The van der Waals surface area contributed by atoms with Gasteiger partial charge in [-0.1, -0.05) is 18.2 Å². The van der Waals surface area contributed by atoms with Crippen molar-refractivity contribution in [1.29, 1.82) is 0 Å². The van der Waals surface area contributed by atoms with Gasteiger partial charge in [-0.3, -0.25) is 0 Å². The molecule has 4 N–H and O–H groups in total. The second-order valence-electron chi connectivity index (χ2n) is 4.62. The molecule has 5 nitrogen and oxygen atoms in total. The van der Waals surface area contributed by atoms with Gasteiger partial charge in [-0.15, -0.1) is 10.2 Å². The molecule has 0 aliphatic heterocycles. The minimum absolute atomic E-state index is 0.133. The molecule has 0 fully saturated rings. The number of guanidine groups is 1. The SMILES string of the molecule is COc1ccc(C(/C=C/c2ccc(F)cc2)=N\N=C(N)N)cc1. The molecule has 0 atom stereocenters. The smallest absolute Gasteiger partial charge is 0.211 e. The Hall–Kier alpha value is -3.15. The van der Waals surface area contributed by atoms with E-state index in [1.807, 2.05) is 24.3 Å². The fourth-order valence-corrected chi connectivity index (χ4v) is 1.81. The van der Waals surface area contributed by atoms with E-state index < -0.39 is 0 Å². The van der Waals surface area contributed by atoms with Crippen LogP contribution in [0.4, 0.5) is 4.39 Å². The zero-order valence-corrected chi connectivity index (χ0v) is 12.6. The molecule has 6 heteroatoms. The van der Waals surface area contributed by atoms with E-state index >= 15 is 0 Å². The van der Waals surface area contributed by atoms with E-state index in [2.05, 4.69) is 10.2 Å². The average Bonchev–Trinajstić information content (AvgIpc) is 2.56. The summed E-state index contributed by atoms with van der Waals surface area (Å²) < 4.78 is 18.1. The third-order valence-corrected chi connectivity index (χ3v) is 2.96. The molecule has 2 aromatic rings. The molecular formula is C17H17FN4O. The minimum atomic E-state index is -0.285. The van der Waals surface area contributed by atoms with Gasteiger partial charge in [0.15, 0.2) is 0 Å². The Balaban J connectivity index is 2.31. The van der Waals surface area contributed by atoms with Gasteiger partial charge in [0.2, 0.25) is 5.96 Å². The molecule has 0 aliphatic rings. The predicted molar refractivity (Wildman–Crippen MR) is 90.8 cm³/mol. The van der Waals surface area contributed by atoms with Crippen molar-refractivity contribution in [2.75, 3.05) is 7.11 Å². The summed E-state index contributed by atoms with van der Waals surface area (Å²) in [6.07, 6.45) is 3.55. The Morgan fingerprint density at radius 3 is 2.22 bits per heavy atom.